The van der Waals surface area contributed by atoms with Crippen LogP contribution in [0, 0.1) is 12.7 Å². The summed E-state index contributed by atoms with van der Waals surface area (Å²) < 4.78 is 25.6. The highest BCUT2D eigenvalue weighted by molar-refractivity contribution is 5.94. The average Bonchev–Trinajstić information content (AvgIpc) is 2.85. The molecule has 0 aliphatic carbocycles. The largest absolute Gasteiger partial charge is 0.381 e. The molecule has 0 N–H and O–H groups in total. The fourth-order valence-electron chi connectivity index (χ4n) is 4.23. The molecule has 2 aromatic carbocycles. The molecule has 2 aliphatic heterocycles. The first-order chi connectivity index (χ1) is 15.5. The topological polar surface area (TPSA) is 59.1 Å². The van der Waals surface area contributed by atoms with Gasteiger partial charge < -0.3 is 19.3 Å². The second-order valence-corrected chi connectivity index (χ2v) is 8.43. The van der Waals surface area contributed by atoms with Gasteiger partial charge in [-0.15, -0.1) is 0 Å². The molecule has 4 rings (SSSR count). The van der Waals surface area contributed by atoms with Gasteiger partial charge in [0.15, 0.2) is 5.60 Å². The summed E-state index contributed by atoms with van der Waals surface area (Å²) in [6.45, 7) is 4.67. The number of carbonyl (C=O) groups excluding carboxylic acids is 2. The van der Waals surface area contributed by atoms with Gasteiger partial charge in [-0.3, -0.25) is 9.59 Å². The summed E-state index contributed by atoms with van der Waals surface area (Å²) >= 11 is 0. The zero-order chi connectivity index (χ0) is 22.6. The van der Waals surface area contributed by atoms with Crippen LogP contribution in [0.1, 0.15) is 34.3 Å². The minimum Gasteiger partial charge on any atom is -0.381 e. The van der Waals surface area contributed by atoms with Gasteiger partial charge in [0.2, 0.25) is 0 Å². The maximum absolute atomic E-state index is 13.9. The van der Waals surface area contributed by atoms with E-state index in [1.54, 1.807) is 28.9 Å². The molecule has 0 aromatic heterocycles. The fraction of sp³-hybridized carbons (Fsp3) is 0.440. The number of halogens is 1. The summed E-state index contributed by atoms with van der Waals surface area (Å²) in [7, 11) is 0. The van der Waals surface area contributed by atoms with Gasteiger partial charge in [-0.2, -0.15) is 0 Å². The number of nitrogens with zero attached hydrogens (tertiary/aromatic N) is 2. The Hall–Kier alpha value is -2.77. The molecule has 0 saturated carbocycles. The predicted octanol–water partition coefficient (Wildman–Crippen LogP) is 3.18. The molecule has 0 spiro atoms. The van der Waals surface area contributed by atoms with Gasteiger partial charge >= 0.3 is 0 Å². The molecule has 170 valence electrons. The van der Waals surface area contributed by atoms with E-state index in [0.717, 1.165) is 5.56 Å². The van der Waals surface area contributed by atoms with Crippen molar-refractivity contribution in [3.8, 4) is 0 Å². The van der Waals surface area contributed by atoms with Gasteiger partial charge in [-0.1, -0.05) is 36.4 Å². The van der Waals surface area contributed by atoms with E-state index in [9.17, 15) is 14.0 Å². The van der Waals surface area contributed by atoms with Crippen molar-refractivity contribution in [2.24, 2.45) is 0 Å². The highest BCUT2D eigenvalue weighted by Crippen LogP contribution is 2.29. The quantitative estimate of drug-likeness (QED) is 0.717. The van der Waals surface area contributed by atoms with Crippen LogP contribution in [0.25, 0.3) is 0 Å². The van der Waals surface area contributed by atoms with E-state index in [1.807, 2.05) is 30.3 Å². The molecule has 0 atom stereocenters. The van der Waals surface area contributed by atoms with E-state index in [4.69, 9.17) is 9.47 Å². The first-order valence-electron chi connectivity index (χ1n) is 11.1. The van der Waals surface area contributed by atoms with Crippen LogP contribution in [-0.2, 0) is 20.9 Å². The Morgan fingerprint density at radius 1 is 1.00 bits per heavy atom. The molecule has 0 unspecified atom stereocenters. The van der Waals surface area contributed by atoms with Crippen LogP contribution >= 0.6 is 0 Å². The summed E-state index contributed by atoms with van der Waals surface area (Å²) in [4.78, 5) is 29.8. The van der Waals surface area contributed by atoms with Crippen molar-refractivity contribution in [1.82, 2.24) is 9.80 Å². The monoisotopic (exact) mass is 440 g/mol. The minimum atomic E-state index is -0.902. The zero-order valence-corrected chi connectivity index (χ0v) is 18.4. The Morgan fingerprint density at radius 3 is 2.31 bits per heavy atom. The molecule has 7 heteroatoms. The third-order valence-electron chi connectivity index (χ3n) is 6.32. The molecule has 32 heavy (non-hydrogen) atoms. The van der Waals surface area contributed by atoms with Crippen LogP contribution in [0.3, 0.4) is 0 Å². The third-order valence-corrected chi connectivity index (χ3v) is 6.32. The van der Waals surface area contributed by atoms with Crippen LogP contribution in [0.4, 0.5) is 4.39 Å². The van der Waals surface area contributed by atoms with E-state index in [0.29, 0.717) is 70.0 Å². The molecule has 6 nitrogen and oxygen atoms in total. The fourth-order valence-corrected chi connectivity index (χ4v) is 4.23. The second kappa shape index (κ2) is 9.79. The van der Waals surface area contributed by atoms with Crippen LogP contribution < -0.4 is 0 Å². The SMILES string of the molecule is Cc1ccc(C(=O)N2CCN(C(=O)C3(OCc4ccccc4)CCOCC3)CC2)cc1F. The number of piperazine rings is 1. The number of hydrogen-bond donors (Lipinski definition) is 0. The number of aryl methyl sites for hydroxylation is 1. The average molecular weight is 441 g/mol. The summed E-state index contributed by atoms with van der Waals surface area (Å²) in [5.41, 5.74) is 0.960. The van der Waals surface area contributed by atoms with E-state index >= 15 is 0 Å². The molecule has 0 radical (unpaired) electrons. The lowest BCUT2D eigenvalue weighted by Crippen LogP contribution is -2.58. The molecule has 2 aromatic rings. The van der Waals surface area contributed by atoms with E-state index in [2.05, 4.69) is 0 Å². The Kier molecular flexibility index (Phi) is 6.86. The highest BCUT2D eigenvalue weighted by Gasteiger charge is 2.44. The third kappa shape index (κ3) is 4.84. The van der Waals surface area contributed by atoms with Crippen LogP contribution in [0.15, 0.2) is 48.5 Å². The van der Waals surface area contributed by atoms with Gasteiger partial charge in [0.1, 0.15) is 5.82 Å². The van der Waals surface area contributed by atoms with Crippen molar-refractivity contribution in [1.29, 1.82) is 0 Å². The smallest absolute Gasteiger partial charge is 0.255 e. The van der Waals surface area contributed by atoms with Crippen molar-refractivity contribution in [2.45, 2.75) is 32.0 Å². The highest BCUT2D eigenvalue weighted by atomic mass is 19.1. The minimum absolute atomic E-state index is 0.0368. The molecule has 2 heterocycles. The molecule has 2 amide bonds. The van der Waals surface area contributed by atoms with Crippen molar-refractivity contribution in [3.63, 3.8) is 0 Å². The molecule has 2 fully saturated rings. The molecule has 2 saturated heterocycles. The van der Waals surface area contributed by atoms with Gasteiger partial charge in [-0.25, -0.2) is 4.39 Å². The summed E-state index contributed by atoms with van der Waals surface area (Å²) in [6, 6.07) is 14.4. The maximum Gasteiger partial charge on any atom is 0.255 e. The normalized spacial score (nSPS) is 18.4. The van der Waals surface area contributed by atoms with Crippen molar-refractivity contribution >= 4 is 11.8 Å². The number of carbonyl (C=O) groups is 2. The van der Waals surface area contributed by atoms with Crippen molar-refractivity contribution in [2.75, 3.05) is 39.4 Å². The first-order valence-corrected chi connectivity index (χ1v) is 11.1. The molecule has 0 bridgehead atoms. The van der Waals surface area contributed by atoms with Crippen LogP contribution in [-0.4, -0.2) is 66.6 Å². The lowest BCUT2D eigenvalue weighted by Gasteiger charge is -2.42. The Balaban J connectivity index is 1.40. The van der Waals surface area contributed by atoms with Gasteiger partial charge in [0, 0.05) is 57.8 Å². The lowest BCUT2D eigenvalue weighted by atomic mass is 9.91. The number of amides is 2. The Morgan fingerprint density at radius 2 is 1.66 bits per heavy atom. The standard InChI is InChI=1S/C25H29FN2O4/c1-19-7-8-21(17-22(19)26)23(29)27-11-13-28(14-12-27)24(30)25(9-15-31-16-10-25)32-18-20-5-3-2-4-6-20/h2-8,17H,9-16,18H2,1H3. The van der Waals surface area contributed by atoms with Crippen molar-refractivity contribution in [3.05, 3.63) is 71.0 Å². The maximum atomic E-state index is 13.9. The Labute approximate surface area is 187 Å². The number of rotatable bonds is 5. The second-order valence-electron chi connectivity index (χ2n) is 8.43. The number of hydrogen-bond acceptors (Lipinski definition) is 4. The van der Waals surface area contributed by atoms with Gasteiger partial charge in [0.05, 0.1) is 6.61 Å². The van der Waals surface area contributed by atoms with Gasteiger partial charge in [-0.05, 0) is 30.2 Å². The zero-order valence-electron chi connectivity index (χ0n) is 18.4. The van der Waals surface area contributed by atoms with Crippen LogP contribution in [0.5, 0.6) is 0 Å². The first kappa shape index (κ1) is 22.4. The summed E-state index contributed by atoms with van der Waals surface area (Å²) in [5, 5.41) is 0. The Bertz CT molecular complexity index is 952. The lowest BCUT2D eigenvalue weighted by molar-refractivity contribution is -0.175. The van der Waals surface area contributed by atoms with Crippen molar-refractivity contribution < 1.29 is 23.5 Å². The van der Waals surface area contributed by atoms with Gasteiger partial charge in [0.25, 0.3) is 11.8 Å². The molecular formula is C25H29FN2O4. The number of ether oxygens (including phenoxy) is 2. The van der Waals surface area contributed by atoms with E-state index in [1.165, 1.54) is 6.07 Å². The van der Waals surface area contributed by atoms with E-state index < -0.39 is 5.60 Å². The predicted molar refractivity (Wildman–Crippen MR) is 118 cm³/mol. The van der Waals surface area contributed by atoms with E-state index in [-0.39, 0.29) is 17.6 Å². The molecule has 2 aliphatic rings. The van der Waals surface area contributed by atoms with Crippen LogP contribution in [0.2, 0.25) is 0 Å². The summed E-state index contributed by atoms with van der Waals surface area (Å²) in [6.07, 6.45) is 1.03. The summed E-state index contributed by atoms with van der Waals surface area (Å²) in [5.74, 6) is -0.635. The molecular weight excluding hydrogens is 411 g/mol. The number of benzene rings is 2.